The summed E-state index contributed by atoms with van der Waals surface area (Å²) in [7, 11) is 2.18. The van der Waals surface area contributed by atoms with E-state index in [2.05, 4.69) is 79.9 Å². The van der Waals surface area contributed by atoms with Crippen LogP contribution in [0.1, 0.15) is 0 Å². The van der Waals surface area contributed by atoms with Crippen LogP contribution in [0.15, 0.2) is 53.5 Å². The van der Waals surface area contributed by atoms with Gasteiger partial charge in [0.05, 0.1) is 0 Å². The zero-order chi connectivity index (χ0) is 19.1. The van der Waals surface area contributed by atoms with E-state index in [9.17, 15) is 0 Å². The third-order valence-electron chi connectivity index (χ3n) is 5.36. The van der Waals surface area contributed by atoms with E-state index in [4.69, 9.17) is 4.98 Å². The molecule has 1 aliphatic heterocycles. The zero-order valence-electron chi connectivity index (χ0n) is 15.6. The van der Waals surface area contributed by atoms with Crippen LogP contribution in [0.3, 0.4) is 0 Å². The van der Waals surface area contributed by atoms with Gasteiger partial charge >= 0.3 is 177 Å². The molecule has 4 heterocycles. The second kappa shape index (κ2) is 7.36. The molecule has 140 valence electrons. The number of benzene rings is 1. The monoisotopic (exact) mass is 449 g/mol. The summed E-state index contributed by atoms with van der Waals surface area (Å²) in [6.07, 6.45) is 3.89. The molecular weight excluding hydrogens is 429 g/mol. The van der Waals surface area contributed by atoms with Crippen molar-refractivity contribution in [3.63, 3.8) is 0 Å². The van der Waals surface area contributed by atoms with Crippen LogP contribution in [0.4, 0.5) is 5.69 Å². The molecule has 5 nitrogen and oxygen atoms in total. The van der Waals surface area contributed by atoms with Gasteiger partial charge in [0.1, 0.15) is 0 Å². The van der Waals surface area contributed by atoms with Gasteiger partial charge < -0.3 is 0 Å². The van der Waals surface area contributed by atoms with Gasteiger partial charge in [-0.15, -0.1) is 0 Å². The average Bonchev–Trinajstić information content (AvgIpc) is 3.39. The molecule has 1 saturated heterocycles. The SMILES string of the molecule is CN1CCN(c2cccc(-c3cnn4c([As])c(-c5ccsc5)cnc34)c2)CC1. The van der Waals surface area contributed by atoms with Crippen molar-refractivity contribution in [1.29, 1.82) is 0 Å². The van der Waals surface area contributed by atoms with E-state index in [0.717, 1.165) is 53.0 Å². The third kappa shape index (κ3) is 3.16. The summed E-state index contributed by atoms with van der Waals surface area (Å²) < 4.78 is 2.99. The molecule has 7 heteroatoms. The molecule has 2 radical (unpaired) electrons. The van der Waals surface area contributed by atoms with Gasteiger partial charge in [0.2, 0.25) is 0 Å². The van der Waals surface area contributed by atoms with Gasteiger partial charge in [0, 0.05) is 0 Å². The first-order valence-electron chi connectivity index (χ1n) is 9.33. The van der Waals surface area contributed by atoms with Crippen LogP contribution in [-0.4, -0.2) is 69.6 Å². The zero-order valence-corrected chi connectivity index (χ0v) is 18.3. The first-order valence-corrected chi connectivity index (χ1v) is 11.2. The van der Waals surface area contributed by atoms with Crippen LogP contribution in [0.25, 0.3) is 27.9 Å². The number of thiophene rings is 1. The number of fused-ring (bicyclic) bond motifs is 1. The van der Waals surface area contributed by atoms with Crippen LogP contribution in [0.5, 0.6) is 0 Å². The number of likely N-dealkylation sites (N-methyl/N-ethyl adjacent to an activating group) is 1. The van der Waals surface area contributed by atoms with Crippen LogP contribution in [0, 0.1) is 0 Å². The van der Waals surface area contributed by atoms with Crippen LogP contribution >= 0.6 is 11.3 Å². The molecule has 3 aromatic heterocycles. The minimum atomic E-state index is 0.894. The number of rotatable bonds is 3. The van der Waals surface area contributed by atoms with E-state index in [1.807, 2.05) is 16.9 Å². The predicted octanol–water partition coefficient (Wildman–Crippen LogP) is 2.67. The number of hydrogen-bond donors (Lipinski definition) is 0. The average molecular weight is 449 g/mol. The third-order valence-corrected chi connectivity index (χ3v) is 6.95. The number of hydrogen-bond acceptors (Lipinski definition) is 5. The summed E-state index contributed by atoms with van der Waals surface area (Å²) >= 11 is 4.34. The van der Waals surface area contributed by atoms with E-state index in [1.54, 1.807) is 11.3 Å². The molecule has 1 aromatic carbocycles. The molecule has 1 fully saturated rings. The van der Waals surface area contributed by atoms with Gasteiger partial charge in [0.15, 0.2) is 0 Å². The van der Waals surface area contributed by atoms with Crippen LogP contribution in [0.2, 0.25) is 0 Å². The molecule has 0 aliphatic carbocycles. The summed E-state index contributed by atoms with van der Waals surface area (Å²) in [6.45, 7) is 4.33. The Hall–Kier alpha value is -2.14. The van der Waals surface area contributed by atoms with Crippen LogP contribution < -0.4 is 9.38 Å². The molecule has 0 N–H and O–H groups in total. The first-order chi connectivity index (χ1) is 13.7. The topological polar surface area (TPSA) is 36.7 Å². The Kier molecular flexibility index (Phi) is 4.71. The van der Waals surface area contributed by atoms with Crippen molar-refractivity contribution in [3.8, 4) is 22.3 Å². The number of piperazine rings is 1. The summed E-state index contributed by atoms with van der Waals surface area (Å²) in [6, 6.07) is 10.9. The summed E-state index contributed by atoms with van der Waals surface area (Å²) in [5, 5.41) is 8.87. The first kappa shape index (κ1) is 17.9. The molecule has 0 atom stereocenters. The van der Waals surface area contributed by atoms with E-state index in [-0.39, 0.29) is 0 Å². The van der Waals surface area contributed by atoms with E-state index in [1.165, 1.54) is 11.3 Å². The van der Waals surface area contributed by atoms with Gasteiger partial charge in [-0.2, -0.15) is 0 Å². The van der Waals surface area contributed by atoms with Crippen molar-refractivity contribution in [2.45, 2.75) is 0 Å². The van der Waals surface area contributed by atoms with Crippen molar-refractivity contribution < 1.29 is 0 Å². The summed E-state index contributed by atoms with van der Waals surface area (Å²) in [5.74, 6) is 0. The molecule has 4 aromatic rings. The van der Waals surface area contributed by atoms with Gasteiger partial charge in [-0.1, -0.05) is 0 Å². The molecule has 0 unspecified atom stereocenters. The molecule has 0 bridgehead atoms. The van der Waals surface area contributed by atoms with Crippen LogP contribution in [-0.2, 0) is 0 Å². The maximum absolute atomic E-state index is 4.76. The number of anilines is 1. The summed E-state index contributed by atoms with van der Waals surface area (Å²) in [4.78, 5) is 9.60. The van der Waals surface area contributed by atoms with Crippen molar-refractivity contribution in [1.82, 2.24) is 19.5 Å². The quantitative estimate of drug-likeness (QED) is 0.451. The van der Waals surface area contributed by atoms with Gasteiger partial charge in [-0.25, -0.2) is 0 Å². The number of aromatic nitrogens is 3. The fourth-order valence-corrected chi connectivity index (χ4v) is 5.03. The van der Waals surface area contributed by atoms with Crippen molar-refractivity contribution in [2.75, 3.05) is 38.1 Å². The normalized spacial score (nSPS) is 15.4. The molecule has 1 aliphatic rings. The summed E-state index contributed by atoms with van der Waals surface area (Å²) in [5.41, 5.74) is 6.69. The van der Waals surface area contributed by atoms with Crippen molar-refractivity contribution >= 4 is 44.0 Å². The van der Waals surface area contributed by atoms with Crippen molar-refractivity contribution in [2.24, 2.45) is 0 Å². The minimum absolute atomic E-state index is 0.894. The standard InChI is InChI=1S/C21H20AsN5S/c1-25-6-8-26(9-7-25)17-4-2-3-15(11-17)19-13-24-27-20(22)18(12-23-21(19)27)16-5-10-28-14-16/h2-5,10-14H,6-9H2,1H3. The Morgan fingerprint density at radius 3 is 2.64 bits per heavy atom. The predicted molar refractivity (Wildman–Crippen MR) is 117 cm³/mol. The second-order valence-electron chi connectivity index (χ2n) is 7.14. The van der Waals surface area contributed by atoms with E-state index in [0.29, 0.717) is 0 Å². The van der Waals surface area contributed by atoms with Crippen molar-refractivity contribution in [3.05, 3.63) is 53.5 Å². The fraction of sp³-hybridized carbons (Fsp3) is 0.238. The van der Waals surface area contributed by atoms with E-state index < -0.39 is 0 Å². The van der Waals surface area contributed by atoms with Gasteiger partial charge in [-0.3, -0.25) is 0 Å². The number of nitrogens with zero attached hydrogens (tertiary/aromatic N) is 5. The Morgan fingerprint density at radius 1 is 1.00 bits per heavy atom. The van der Waals surface area contributed by atoms with E-state index >= 15 is 0 Å². The molecular formula is C21H20AsN5S. The Morgan fingerprint density at radius 2 is 1.86 bits per heavy atom. The Labute approximate surface area is 177 Å². The Bertz CT molecular complexity index is 1110. The fourth-order valence-electron chi connectivity index (χ4n) is 3.68. The maximum atomic E-state index is 4.76. The molecule has 0 amide bonds. The molecule has 5 rings (SSSR count). The molecule has 0 spiro atoms. The molecule has 28 heavy (non-hydrogen) atoms. The van der Waals surface area contributed by atoms with Gasteiger partial charge in [0.25, 0.3) is 0 Å². The second-order valence-corrected chi connectivity index (χ2v) is 8.81. The molecule has 0 saturated carbocycles. The van der Waals surface area contributed by atoms with Gasteiger partial charge in [-0.05, 0) is 0 Å². The Balaban J connectivity index is 1.53.